The fourth-order valence-corrected chi connectivity index (χ4v) is 2.20. The largest absolute Gasteiger partial charge is 0.573 e. The van der Waals surface area contributed by atoms with Gasteiger partial charge in [0.2, 0.25) is 0 Å². The molecule has 0 bridgehead atoms. The topological polar surface area (TPSA) is 21.3 Å². The van der Waals surface area contributed by atoms with Crippen LogP contribution < -0.4 is 10.1 Å². The lowest BCUT2D eigenvalue weighted by atomic mass is 9.82. The summed E-state index contributed by atoms with van der Waals surface area (Å²) in [7, 11) is 0. The van der Waals surface area contributed by atoms with Crippen LogP contribution in [0, 0.1) is 5.92 Å². The molecule has 0 heterocycles. The minimum Gasteiger partial charge on any atom is -0.405 e. The molecule has 0 amide bonds. The number of ether oxygens (including phenoxy) is 1. The van der Waals surface area contributed by atoms with E-state index in [9.17, 15) is 13.2 Å². The van der Waals surface area contributed by atoms with Crippen molar-refractivity contribution >= 4 is 0 Å². The molecule has 0 aliphatic heterocycles. The molecule has 0 atom stereocenters. The Morgan fingerprint density at radius 2 is 1.94 bits per heavy atom. The van der Waals surface area contributed by atoms with Crippen LogP contribution in [0.25, 0.3) is 0 Å². The fraction of sp³-hybridized carbons (Fsp3) is 0.538. The summed E-state index contributed by atoms with van der Waals surface area (Å²) in [5.74, 6) is 0.592. The normalized spacial score (nSPS) is 23.6. The predicted octanol–water partition coefficient (Wildman–Crippen LogP) is 3.47. The highest BCUT2D eigenvalue weighted by Gasteiger charge is 2.32. The molecule has 0 aromatic heterocycles. The molecule has 1 N–H and O–H groups in total. The van der Waals surface area contributed by atoms with Crippen LogP contribution in [0.5, 0.6) is 5.75 Å². The quantitative estimate of drug-likeness (QED) is 0.894. The molecule has 100 valence electrons. The van der Waals surface area contributed by atoms with Crippen molar-refractivity contribution in [1.82, 2.24) is 5.32 Å². The van der Waals surface area contributed by atoms with Gasteiger partial charge in [-0.05, 0) is 24.8 Å². The molecule has 2 rings (SSSR count). The number of alkyl halides is 3. The van der Waals surface area contributed by atoms with E-state index in [2.05, 4.69) is 17.0 Å². The van der Waals surface area contributed by atoms with Gasteiger partial charge in [-0.3, -0.25) is 0 Å². The summed E-state index contributed by atoms with van der Waals surface area (Å²) in [6.07, 6.45) is -2.47. The van der Waals surface area contributed by atoms with Crippen molar-refractivity contribution in [3.05, 3.63) is 29.8 Å². The molecule has 2 nitrogen and oxygen atoms in total. The zero-order valence-corrected chi connectivity index (χ0v) is 10.1. The van der Waals surface area contributed by atoms with Crippen LogP contribution in [-0.4, -0.2) is 12.4 Å². The average molecular weight is 259 g/mol. The van der Waals surface area contributed by atoms with E-state index in [1.165, 1.54) is 12.1 Å². The van der Waals surface area contributed by atoms with Crippen molar-refractivity contribution in [3.63, 3.8) is 0 Å². The monoisotopic (exact) mass is 259 g/mol. The van der Waals surface area contributed by atoms with E-state index in [4.69, 9.17) is 0 Å². The van der Waals surface area contributed by atoms with E-state index in [0.717, 1.165) is 12.8 Å². The van der Waals surface area contributed by atoms with Gasteiger partial charge in [0.05, 0.1) is 0 Å². The highest BCUT2D eigenvalue weighted by atomic mass is 19.4. The molecule has 1 aliphatic carbocycles. The zero-order chi connectivity index (χ0) is 13.2. The SMILES string of the molecule is CC1CC(NCc2ccccc2OC(F)(F)F)C1. The van der Waals surface area contributed by atoms with E-state index < -0.39 is 6.36 Å². The Kier molecular flexibility index (Phi) is 3.80. The smallest absolute Gasteiger partial charge is 0.405 e. The Morgan fingerprint density at radius 3 is 2.56 bits per heavy atom. The number of para-hydroxylation sites is 1. The molecule has 0 unspecified atom stereocenters. The number of benzene rings is 1. The van der Waals surface area contributed by atoms with Crippen molar-refractivity contribution in [2.24, 2.45) is 5.92 Å². The van der Waals surface area contributed by atoms with Crippen LogP contribution in [0.3, 0.4) is 0 Å². The van der Waals surface area contributed by atoms with Crippen LogP contribution in [-0.2, 0) is 6.54 Å². The van der Waals surface area contributed by atoms with Crippen LogP contribution >= 0.6 is 0 Å². The number of halogens is 3. The lowest BCUT2D eigenvalue weighted by Crippen LogP contribution is -2.39. The number of rotatable bonds is 4. The molecule has 5 heteroatoms. The first-order valence-corrected chi connectivity index (χ1v) is 6.01. The standard InChI is InChI=1S/C13H16F3NO/c1-9-6-11(7-9)17-8-10-4-2-3-5-12(10)18-13(14,15)16/h2-5,9,11,17H,6-8H2,1H3. The van der Waals surface area contributed by atoms with Gasteiger partial charge in [0.1, 0.15) is 5.75 Å². The van der Waals surface area contributed by atoms with Crippen LogP contribution in [0.1, 0.15) is 25.3 Å². The maximum Gasteiger partial charge on any atom is 0.573 e. The molecule has 1 aromatic carbocycles. The van der Waals surface area contributed by atoms with Gasteiger partial charge in [0.25, 0.3) is 0 Å². The van der Waals surface area contributed by atoms with Gasteiger partial charge >= 0.3 is 6.36 Å². The summed E-state index contributed by atoms with van der Waals surface area (Å²) in [6.45, 7) is 2.57. The Hall–Kier alpha value is -1.23. The molecule has 1 aliphatic rings. The molecule has 1 saturated carbocycles. The molecule has 1 fully saturated rings. The van der Waals surface area contributed by atoms with Gasteiger partial charge < -0.3 is 10.1 Å². The third-order valence-electron chi connectivity index (χ3n) is 3.15. The summed E-state index contributed by atoms with van der Waals surface area (Å²) in [6, 6.07) is 6.66. The molecule has 18 heavy (non-hydrogen) atoms. The lowest BCUT2D eigenvalue weighted by Gasteiger charge is -2.33. The van der Waals surface area contributed by atoms with Gasteiger partial charge in [0, 0.05) is 18.2 Å². The predicted molar refractivity (Wildman–Crippen MR) is 62.2 cm³/mol. The van der Waals surface area contributed by atoms with Gasteiger partial charge in [-0.15, -0.1) is 13.2 Å². The van der Waals surface area contributed by atoms with Gasteiger partial charge in [-0.25, -0.2) is 0 Å². The molecule has 0 saturated heterocycles. The maximum atomic E-state index is 12.2. The zero-order valence-electron chi connectivity index (χ0n) is 10.1. The summed E-state index contributed by atoms with van der Waals surface area (Å²) >= 11 is 0. The van der Waals surface area contributed by atoms with Crippen molar-refractivity contribution in [2.45, 2.75) is 38.7 Å². The second-order valence-corrected chi connectivity index (χ2v) is 4.81. The summed E-state index contributed by atoms with van der Waals surface area (Å²) < 4.78 is 40.6. The summed E-state index contributed by atoms with van der Waals surface area (Å²) in [5, 5.41) is 3.24. The van der Waals surface area contributed by atoms with Crippen molar-refractivity contribution < 1.29 is 17.9 Å². The first-order valence-electron chi connectivity index (χ1n) is 6.01. The van der Waals surface area contributed by atoms with Crippen molar-refractivity contribution in [1.29, 1.82) is 0 Å². The average Bonchev–Trinajstić information content (AvgIpc) is 2.22. The van der Waals surface area contributed by atoms with E-state index in [-0.39, 0.29) is 5.75 Å². The van der Waals surface area contributed by atoms with Crippen molar-refractivity contribution in [2.75, 3.05) is 0 Å². The first kappa shape index (κ1) is 13.2. The minimum absolute atomic E-state index is 0.120. The van der Waals surface area contributed by atoms with Gasteiger partial charge in [0.15, 0.2) is 0 Å². The fourth-order valence-electron chi connectivity index (χ4n) is 2.20. The number of hydrogen-bond donors (Lipinski definition) is 1. The molecular formula is C13H16F3NO. The van der Waals surface area contributed by atoms with Crippen LogP contribution in [0.2, 0.25) is 0 Å². The maximum absolute atomic E-state index is 12.2. The Balaban J connectivity index is 1.94. The second-order valence-electron chi connectivity index (χ2n) is 4.81. The summed E-state index contributed by atoms with van der Waals surface area (Å²) in [4.78, 5) is 0. The molecule has 0 radical (unpaired) electrons. The Bertz CT molecular complexity index is 399. The molecule has 1 aromatic rings. The van der Waals surface area contributed by atoms with Crippen molar-refractivity contribution in [3.8, 4) is 5.75 Å². The van der Waals surface area contributed by atoms with E-state index in [0.29, 0.717) is 24.1 Å². The number of nitrogens with one attached hydrogen (secondary N) is 1. The van der Waals surface area contributed by atoms with E-state index in [1.54, 1.807) is 12.1 Å². The highest BCUT2D eigenvalue weighted by molar-refractivity contribution is 5.33. The van der Waals surface area contributed by atoms with Gasteiger partial charge in [-0.2, -0.15) is 0 Å². The highest BCUT2D eigenvalue weighted by Crippen LogP contribution is 2.29. The molecular weight excluding hydrogens is 243 g/mol. The van der Waals surface area contributed by atoms with Gasteiger partial charge in [-0.1, -0.05) is 25.1 Å². The van der Waals surface area contributed by atoms with E-state index in [1.807, 2.05) is 0 Å². The van der Waals surface area contributed by atoms with Crippen LogP contribution in [0.15, 0.2) is 24.3 Å². The third-order valence-corrected chi connectivity index (χ3v) is 3.15. The van der Waals surface area contributed by atoms with E-state index >= 15 is 0 Å². The second kappa shape index (κ2) is 5.18. The minimum atomic E-state index is -4.64. The number of hydrogen-bond acceptors (Lipinski definition) is 2. The lowest BCUT2D eigenvalue weighted by molar-refractivity contribution is -0.274. The molecule has 0 spiro atoms. The first-order chi connectivity index (χ1) is 8.44. The third kappa shape index (κ3) is 3.63. The van der Waals surface area contributed by atoms with Crippen LogP contribution in [0.4, 0.5) is 13.2 Å². The Labute approximate surface area is 104 Å². The Morgan fingerprint density at radius 1 is 1.28 bits per heavy atom. The summed E-state index contributed by atoms with van der Waals surface area (Å²) in [5.41, 5.74) is 0.536.